The van der Waals surface area contributed by atoms with Gasteiger partial charge in [-0.2, -0.15) is 5.26 Å². The Bertz CT molecular complexity index is 748. The molecule has 0 radical (unpaired) electrons. The highest BCUT2D eigenvalue weighted by Crippen LogP contribution is 2.27. The monoisotopic (exact) mass is 280 g/mol. The molecule has 5 heteroatoms. The number of hydrogen-bond acceptors (Lipinski definition) is 4. The van der Waals surface area contributed by atoms with Crippen molar-refractivity contribution in [2.45, 2.75) is 13.5 Å². The molecule has 2 heterocycles. The van der Waals surface area contributed by atoms with Crippen molar-refractivity contribution in [3.63, 3.8) is 0 Å². The average Bonchev–Trinajstić information content (AvgIpc) is 3.10. The Hall–Kier alpha value is -2.45. The summed E-state index contributed by atoms with van der Waals surface area (Å²) in [5, 5.41) is 19.2. The molecule has 0 spiro atoms. The van der Waals surface area contributed by atoms with E-state index in [2.05, 4.69) is 47.6 Å². The zero-order valence-corrected chi connectivity index (χ0v) is 11.8. The van der Waals surface area contributed by atoms with Crippen molar-refractivity contribution >= 4 is 11.3 Å². The number of nitrogens with zero attached hydrogens (tertiary/aromatic N) is 4. The number of aromatic nitrogens is 3. The first kappa shape index (κ1) is 12.6. The normalized spacial score (nSPS) is 10.4. The second-order valence-corrected chi connectivity index (χ2v) is 5.47. The van der Waals surface area contributed by atoms with Crippen LogP contribution < -0.4 is 0 Å². The van der Waals surface area contributed by atoms with Gasteiger partial charge >= 0.3 is 0 Å². The number of hydrogen-bond donors (Lipinski definition) is 0. The third kappa shape index (κ3) is 2.33. The second kappa shape index (κ2) is 5.27. The highest BCUT2D eigenvalue weighted by atomic mass is 32.1. The van der Waals surface area contributed by atoms with Crippen LogP contribution in [0.15, 0.2) is 41.8 Å². The number of nitriles is 1. The van der Waals surface area contributed by atoms with Crippen molar-refractivity contribution in [2.75, 3.05) is 0 Å². The Morgan fingerprint density at radius 3 is 2.70 bits per heavy atom. The van der Waals surface area contributed by atoms with Gasteiger partial charge in [-0.25, -0.2) is 4.68 Å². The maximum atomic E-state index is 9.17. The van der Waals surface area contributed by atoms with E-state index >= 15 is 0 Å². The van der Waals surface area contributed by atoms with Crippen LogP contribution in [0.3, 0.4) is 0 Å². The number of thiophene rings is 1. The van der Waals surface area contributed by atoms with Gasteiger partial charge in [0.1, 0.15) is 11.8 Å². The molecule has 3 aromatic rings. The summed E-state index contributed by atoms with van der Waals surface area (Å²) in [4.78, 5) is 1.01. The van der Waals surface area contributed by atoms with Crippen LogP contribution in [0.5, 0.6) is 0 Å². The van der Waals surface area contributed by atoms with Gasteiger partial charge in [-0.05, 0) is 23.9 Å². The average molecular weight is 280 g/mol. The summed E-state index contributed by atoms with van der Waals surface area (Å²) in [7, 11) is 0. The van der Waals surface area contributed by atoms with Crippen molar-refractivity contribution in [1.82, 2.24) is 15.0 Å². The fraction of sp³-hybridized carbons (Fsp3) is 0.133. The predicted molar refractivity (Wildman–Crippen MR) is 78.3 cm³/mol. The van der Waals surface area contributed by atoms with E-state index in [1.165, 1.54) is 5.56 Å². The summed E-state index contributed by atoms with van der Waals surface area (Å²) in [6.07, 6.45) is 0. The molecule has 2 aromatic heterocycles. The molecule has 98 valence electrons. The Kier molecular flexibility index (Phi) is 3.32. The SMILES string of the molecule is Cc1ccc(Cn2nnc(C#N)c2-c2cccs2)cc1. The highest BCUT2D eigenvalue weighted by Gasteiger charge is 2.15. The molecular weight excluding hydrogens is 268 g/mol. The van der Waals surface area contributed by atoms with E-state index in [-0.39, 0.29) is 0 Å². The number of aryl methyl sites for hydroxylation is 1. The lowest BCUT2D eigenvalue weighted by atomic mass is 10.1. The molecule has 1 aromatic carbocycles. The maximum absolute atomic E-state index is 9.17. The van der Waals surface area contributed by atoms with E-state index in [1.807, 2.05) is 17.5 Å². The minimum absolute atomic E-state index is 0.375. The summed E-state index contributed by atoms with van der Waals surface area (Å²) >= 11 is 1.59. The van der Waals surface area contributed by atoms with Crippen molar-refractivity contribution < 1.29 is 0 Å². The van der Waals surface area contributed by atoms with Gasteiger partial charge in [0.2, 0.25) is 0 Å². The summed E-state index contributed by atoms with van der Waals surface area (Å²) in [6.45, 7) is 2.67. The quantitative estimate of drug-likeness (QED) is 0.740. The van der Waals surface area contributed by atoms with E-state index in [0.29, 0.717) is 12.2 Å². The van der Waals surface area contributed by atoms with Crippen LogP contribution in [-0.2, 0) is 6.54 Å². The lowest BCUT2D eigenvalue weighted by molar-refractivity contribution is 0.656. The lowest BCUT2D eigenvalue weighted by Crippen LogP contribution is -2.03. The molecule has 0 N–H and O–H groups in total. The van der Waals surface area contributed by atoms with Gasteiger partial charge < -0.3 is 0 Å². The molecular formula is C15H12N4S. The third-order valence-electron chi connectivity index (χ3n) is 3.05. The number of rotatable bonds is 3. The molecule has 0 unspecified atom stereocenters. The molecule has 0 saturated carbocycles. The Balaban J connectivity index is 2.00. The van der Waals surface area contributed by atoms with Crippen LogP contribution in [0, 0.1) is 18.3 Å². The first-order valence-electron chi connectivity index (χ1n) is 6.21. The molecule has 20 heavy (non-hydrogen) atoms. The van der Waals surface area contributed by atoms with Crippen molar-refractivity contribution in [3.8, 4) is 16.6 Å². The summed E-state index contributed by atoms with van der Waals surface area (Å²) in [5.74, 6) is 0. The third-order valence-corrected chi connectivity index (χ3v) is 3.93. The fourth-order valence-corrected chi connectivity index (χ4v) is 2.80. The van der Waals surface area contributed by atoms with Gasteiger partial charge in [-0.1, -0.05) is 41.1 Å². The number of benzene rings is 1. The molecule has 0 saturated heterocycles. The Morgan fingerprint density at radius 1 is 1.25 bits per heavy atom. The largest absolute Gasteiger partial charge is 0.238 e. The summed E-state index contributed by atoms with van der Waals surface area (Å²) in [6, 6.07) is 14.3. The standard InChI is InChI=1S/C15H12N4S/c1-11-4-6-12(7-5-11)10-19-15(13(9-16)17-18-19)14-3-2-8-20-14/h2-8H,10H2,1H3. The molecule has 3 rings (SSSR count). The van der Waals surface area contributed by atoms with E-state index in [1.54, 1.807) is 16.0 Å². The first-order chi connectivity index (χ1) is 9.78. The van der Waals surface area contributed by atoms with Crippen LogP contribution in [0.1, 0.15) is 16.8 Å². The van der Waals surface area contributed by atoms with Crippen LogP contribution in [0.25, 0.3) is 10.6 Å². The van der Waals surface area contributed by atoms with E-state index in [0.717, 1.165) is 16.1 Å². The molecule has 0 amide bonds. The van der Waals surface area contributed by atoms with Crippen LogP contribution in [0.2, 0.25) is 0 Å². The second-order valence-electron chi connectivity index (χ2n) is 4.52. The van der Waals surface area contributed by atoms with E-state index < -0.39 is 0 Å². The van der Waals surface area contributed by atoms with Crippen molar-refractivity contribution in [2.24, 2.45) is 0 Å². The fourth-order valence-electron chi connectivity index (χ4n) is 2.02. The Morgan fingerprint density at radius 2 is 2.05 bits per heavy atom. The van der Waals surface area contributed by atoms with Gasteiger partial charge in [0.25, 0.3) is 0 Å². The van der Waals surface area contributed by atoms with Gasteiger partial charge in [-0.15, -0.1) is 16.4 Å². The molecule has 0 fully saturated rings. The van der Waals surface area contributed by atoms with Crippen LogP contribution >= 0.6 is 11.3 Å². The van der Waals surface area contributed by atoms with Crippen molar-refractivity contribution in [3.05, 3.63) is 58.6 Å². The van der Waals surface area contributed by atoms with Gasteiger partial charge in [0, 0.05) is 0 Å². The topological polar surface area (TPSA) is 54.5 Å². The Labute approximate surface area is 120 Å². The molecule has 0 aliphatic carbocycles. The van der Waals surface area contributed by atoms with Gasteiger partial charge in [0.05, 0.1) is 11.4 Å². The van der Waals surface area contributed by atoms with E-state index in [9.17, 15) is 5.26 Å². The van der Waals surface area contributed by atoms with E-state index in [4.69, 9.17) is 0 Å². The summed E-state index contributed by atoms with van der Waals surface area (Å²) < 4.78 is 1.79. The molecule has 0 atom stereocenters. The predicted octanol–water partition coefficient (Wildman–Crippen LogP) is 3.24. The smallest absolute Gasteiger partial charge is 0.191 e. The van der Waals surface area contributed by atoms with Gasteiger partial charge in [-0.3, -0.25) is 0 Å². The first-order valence-corrected chi connectivity index (χ1v) is 7.09. The summed E-state index contributed by atoms with van der Waals surface area (Å²) in [5.41, 5.74) is 3.54. The van der Waals surface area contributed by atoms with Crippen molar-refractivity contribution in [1.29, 1.82) is 5.26 Å². The zero-order chi connectivity index (χ0) is 13.9. The molecule has 0 aliphatic heterocycles. The molecule has 0 bridgehead atoms. The lowest BCUT2D eigenvalue weighted by Gasteiger charge is -2.05. The highest BCUT2D eigenvalue weighted by molar-refractivity contribution is 7.13. The minimum atomic E-state index is 0.375. The van der Waals surface area contributed by atoms with Crippen LogP contribution in [0.4, 0.5) is 0 Å². The zero-order valence-electron chi connectivity index (χ0n) is 10.9. The molecule has 4 nitrogen and oxygen atoms in total. The maximum Gasteiger partial charge on any atom is 0.191 e. The van der Waals surface area contributed by atoms with Crippen LogP contribution in [-0.4, -0.2) is 15.0 Å². The minimum Gasteiger partial charge on any atom is -0.238 e. The van der Waals surface area contributed by atoms with Gasteiger partial charge in [0.15, 0.2) is 5.69 Å². The molecule has 0 aliphatic rings.